The summed E-state index contributed by atoms with van der Waals surface area (Å²) in [6, 6.07) is 5.83. The lowest BCUT2D eigenvalue weighted by molar-refractivity contribution is -0.156. The molecule has 0 aliphatic carbocycles. The predicted molar refractivity (Wildman–Crippen MR) is 126 cm³/mol. The molecular formula is C25H31ClN2O6. The van der Waals surface area contributed by atoms with Crippen molar-refractivity contribution in [3.8, 4) is 0 Å². The summed E-state index contributed by atoms with van der Waals surface area (Å²) in [5, 5.41) is 19.9. The van der Waals surface area contributed by atoms with Crippen LogP contribution < -0.4 is 4.90 Å². The first-order chi connectivity index (χ1) is 16.1. The number of halogens is 1. The molecule has 1 aromatic rings. The van der Waals surface area contributed by atoms with E-state index in [1.165, 1.54) is 9.80 Å². The van der Waals surface area contributed by atoms with Crippen molar-refractivity contribution in [3.05, 3.63) is 41.9 Å². The molecule has 3 saturated heterocycles. The Hall–Kier alpha value is -2.42. The summed E-state index contributed by atoms with van der Waals surface area (Å²) in [6.07, 6.45) is 2.97. The number of aliphatic hydroxyl groups excluding tert-OH is 1. The number of aliphatic carboxylic acids is 1. The number of rotatable bonds is 9. The number of ether oxygens (including phenoxy) is 1. The normalized spacial score (nSPS) is 33.8. The number of hydrogen-bond donors (Lipinski definition) is 2. The van der Waals surface area contributed by atoms with Gasteiger partial charge in [-0.05, 0) is 56.4 Å². The van der Waals surface area contributed by atoms with Crippen LogP contribution in [0.25, 0.3) is 0 Å². The van der Waals surface area contributed by atoms with Gasteiger partial charge in [-0.15, -0.1) is 6.58 Å². The number of anilines is 1. The van der Waals surface area contributed by atoms with E-state index < -0.39 is 35.0 Å². The topological polar surface area (TPSA) is 107 Å². The van der Waals surface area contributed by atoms with Crippen LogP contribution in [0.2, 0.25) is 5.02 Å². The van der Waals surface area contributed by atoms with Crippen LogP contribution in [0.5, 0.6) is 0 Å². The second kappa shape index (κ2) is 8.98. The lowest BCUT2D eigenvalue weighted by atomic mass is 9.62. The highest BCUT2D eigenvalue weighted by Crippen LogP contribution is 2.65. The Morgan fingerprint density at radius 1 is 1.32 bits per heavy atom. The first kappa shape index (κ1) is 24.7. The number of carboxylic acid groups (broad SMARTS) is 1. The third kappa shape index (κ3) is 3.54. The van der Waals surface area contributed by atoms with E-state index in [1.807, 2.05) is 6.92 Å². The molecule has 2 N–H and O–H groups in total. The molecule has 1 aromatic carbocycles. The SMILES string of the molecule is C=CCN(C(=O)C1N(CCCCO)C(=O)[C@@H]2[C@H](C(=O)O)[C@@]3(C)OC12CC3C)c1ccc(Cl)cc1. The van der Waals surface area contributed by atoms with Gasteiger partial charge in [-0.3, -0.25) is 14.4 Å². The quantitative estimate of drug-likeness (QED) is 0.407. The third-order valence-electron chi connectivity index (χ3n) is 7.84. The number of nitrogens with zero attached hydrogens (tertiary/aromatic N) is 2. The summed E-state index contributed by atoms with van der Waals surface area (Å²) < 4.78 is 6.49. The van der Waals surface area contributed by atoms with Crippen molar-refractivity contribution >= 4 is 35.1 Å². The van der Waals surface area contributed by atoms with E-state index >= 15 is 0 Å². The van der Waals surface area contributed by atoms with Crippen LogP contribution >= 0.6 is 11.6 Å². The third-order valence-corrected chi connectivity index (χ3v) is 8.09. The van der Waals surface area contributed by atoms with E-state index in [0.29, 0.717) is 30.0 Å². The monoisotopic (exact) mass is 490 g/mol. The van der Waals surface area contributed by atoms with Crippen LogP contribution in [-0.4, -0.2) is 69.8 Å². The summed E-state index contributed by atoms with van der Waals surface area (Å²) in [7, 11) is 0. The van der Waals surface area contributed by atoms with Gasteiger partial charge < -0.3 is 24.7 Å². The summed E-state index contributed by atoms with van der Waals surface area (Å²) in [4.78, 5) is 43.3. The Bertz CT molecular complexity index is 1000. The van der Waals surface area contributed by atoms with E-state index in [-0.39, 0.29) is 37.4 Å². The summed E-state index contributed by atoms with van der Waals surface area (Å²) in [6.45, 7) is 7.84. The average Bonchev–Trinajstić information content (AvgIpc) is 3.30. The van der Waals surface area contributed by atoms with Gasteiger partial charge in [0.2, 0.25) is 5.91 Å². The van der Waals surface area contributed by atoms with E-state index in [2.05, 4.69) is 6.58 Å². The zero-order valence-electron chi connectivity index (χ0n) is 19.4. The van der Waals surface area contributed by atoms with Gasteiger partial charge in [-0.2, -0.15) is 0 Å². The average molecular weight is 491 g/mol. The van der Waals surface area contributed by atoms with Gasteiger partial charge >= 0.3 is 5.97 Å². The first-order valence-corrected chi connectivity index (χ1v) is 12.0. The van der Waals surface area contributed by atoms with Gasteiger partial charge in [0.15, 0.2) is 0 Å². The minimum absolute atomic E-state index is 0.0358. The van der Waals surface area contributed by atoms with E-state index in [0.717, 1.165) is 0 Å². The maximum absolute atomic E-state index is 14.2. The molecule has 0 radical (unpaired) electrons. The molecule has 9 heteroatoms. The fraction of sp³-hybridized carbons (Fsp3) is 0.560. The van der Waals surface area contributed by atoms with Crippen molar-refractivity contribution in [1.29, 1.82) is 0 Å². The van der Waals surface area contributed by atoms with E-state index in [9.17, 15) is 24.6 Å². The highest BCUT2D eigenvalue weighted by Gasteiger charge is 2.80. The standard InChI is InChI=1S/C25H31ClN2O6/c1-4-11-27(17-9-7-16(26)8-10-17)22(31)20-25-14-15(2)24(3,34-25)19(23(32)33)18(25)21(30)28(20)12-5-6-13-29/h4,7-10,15,18-20,29H,1,5-6,11-14H2,2-3H3,(H,32,33)/t15?,18-,19+,20?,24-,25?/m0/s1. The number of aliphatic hydroxyl groups is 1. The van der Waals surface area contributed by atoms with Gasteiger partial charge in [0.05, 0.1) is 11.5 Å². The second-order valence-corrected chi connectivity index (χ2v) is 10.2. The number of fused-ring (bicyclic) bond motifs is 1. The van der Waals surface area contributed by atoms with Crippen LogP contribution in [0.4, 0.5) is 5.69 Å². The van der Waals surface area contributed by atoms with Gasteiger partial charge in [0.1, 0.15) is 17.6 Å². The van der Waals surface area contributed by atoms with Gasteiger partial charge in [-0.25, -0.2) is 0 Å². The van der Waals surface area contributed by atoms with Crippen LogP contribution in [0.3, 0.4) is 0 Å². The number of amides is 2. The molecule has 3 fully saturated rings. The summed E-state index contributed by atoms with van der Waals surface area (Å²) >= 11 is 6.04. The molecule has 4 rings (SSSR count). The van der Waals surface area contributed by atoms with E-state index in [1.54, 1.807) is 37.3 Å². The molecule has 8 nitrogen and oxygen atoms in total. The van der Waals surface area contributed by atoms with Crippen molar-refractivity contribution in [1.82, 2.24) is 4.90 Å². The molecule has 0 saturated carbocycles. The van der Waals surface area contributed by atoms with Crippen molar-refractivity contribution in [2.24, 2.45) is 17.8 Å². The number of carbonyl (C=O) groups excluding carboxylic acids is 2. The minimum atomic E-state index is -1.23. The Morgan fingerprint density at radius 2 is 2.00 bits per heavy atom. The molecule has 34 heavy (non-hydrogen) atoms. The van der Waals surface area contributed by atoms with Crippen LogP contribution in [0.15, 0.2) is 36.9 Å². The number of carboxylic acids is 1. The second-order valence-electron chi connectivity index (χ2n) is 9.72. The summed E-state index contributed by atoms with van der Waals surface area (Å²) in [5.74, 6) is -3.92. The van der Waals surface area contributed by atoms with Crippen molar-refractivity contribution in [2.75, 3.05) is 24.6 Å². The molecule has 184 valence electrons. The Labute approximate surface area is 204 Å². The van der Waals surface area contributed by atoms with Gasteiger partial charge in [-0.1, -0.05) is 24.6 Å². The summed E-state index contributed by atoms with van der Waals surface area (Å²) in [5.41, 5.74) is -1.67. The molecule has 1 spiro atoms. The molecule has 3 aliphatic heterocycles. The predicted octanol–water partition coefficient (Wildman–Crippen LogP) is 2.73. The van der Waals surface area contributed by atoms with Crippen LogP contribution in [0, 0.1) is 17.8 Å². The molecule has 0 aromatic heterocycles. The van der Waals surface area contributed by atoms with Crippen LogP contribution in [0.1, 0.15) is 33.1 Å². The number of benzene rings is 1. The van der Waals surface area contributed by atoms with Crippen molar-refractivity contribution in [2.45, 2.75) is 50.4 Å². The van der Waals surface area contributed by atoms with Crippen molar-refractivity contribution in [3.63, 3.8) is 0 Å². The van der Waals surface area contributed by atoms with Gasteiger partial charge in [0.25, 0.3) is 5.91 Å². The smallest absolute Gasteiger partial charge is 0.310 e. The largest absolute Gasteiger partial charge is 0.481 e. The van der Waals surface area contributed by atoms with Gasteiger partial charge in [0, 0.05) is 30.4 Å². The maximum atomic E-state index is 14.2. The zero-order valence-corrected chi connectivity index (χ0v) is 20.2. The number of carbonyl (C=O) groups is 3. The van der Waals surface area contributed by atoms with E-state index in [4.69, 9.17) is 16.3 Å². The highest BCUT2D eigenvalue weighted by atomic mass is 35.5. The molecule has 3 heterocycles. The number of unbranched alkanes of at least 4 members (excludes halogenated alkanes) is 1. The lowest BCUT2D eigenvalue weighted by Crippen LogP contribution is -2.57. The fourth-order valence-electron chi connectivity index (χ4n) is 6.25. The molecule has 6 atom stereocenters. The number of likely N-dealkylation sites (tertiary alicyclic amines) is 1. The van der Waals surface area contributed by atoms with Crippen LogP contribution in [-0.2, 0) is 19.1 Å². The molecule has 3 aliphatic rings. The molecule has 2 bridgehead atoms. The lowest BCUT2D eigenvalue weighted by Gasteiger charge is -2.37. The van der Waals surface area contributed by atoms with Crippen molar-refractivity contribution < 1.29 is 29.3 Å². The highest BCUT2D eigenvalue weighted by molar-refractivity contribution is 6.30. The molecule has 3 unspecified atom stereocenters. The Balaban J connectivity index is 1.80. The maximum Gasteiger partial charge on any atom is 0.310 e. The Kier molecular flexibility index (Phi) is 6.52. The fourth-order valence-corrected chi connectivity index (χ4v) is 6.37. The molecular weight excluding hydrogens is 460 g/mol. The zero-order chi connectivity index (χ0) is 24.8. The first-order valence-electron chi connectivity index (χ1n) is 11.6. The number of hydrogen-bond acceptors (Lipinski definition) is 5. The molecule has 2 amide bonds. The minimum Gasteiger partial charge on any atom is -0.481 e. The Morgan fingerprint density at radius 3 is 2.59 bits per heavy atom.